The van der Waals surface area contributed by atoms with Gasteiger partial charge in [0.1, 0.15) is 12.2 Å². The van der Waals surface area contributed by atoms with Crippen molar-refractivity contribution in [3.05, 3.63) is 90.5 Å². The largest absolute Gasteiger partial charge is 0.458 e. The molecular formula is C28H22NO4S+. The fourth-order valence-corrected chi connectivity index (χ4v) is 7.85. The van der Waals surface area contributed by atoms with Gasteiger partial charge in [0.2, 0.25) is 0 Å². The molecule has 168 valence electrons. The van der Waals surface area contributed by atoms with Gasteiger partial charge in [0.05, 0.1) is 34.4 Å². The number of nitrogens with zero attached hydrogens (tertiary/aromatic N) is 1. The second kappa shape index (κ2) is 8.34. The lowest BCUT2D eigenvalue weighted by Gasteiger charge is -2.28. The molecule has 0 spiro atoms. The van der Waals surface area contributed by atoms with E-state index in [9.17, 15) is 14.9 Å². The second-order valence-electron chi connectivity index (χ2n) is 8.97. The van der Waals surface area contributed by atoms with Crippen molar-refractivity contribution in [2.75, 3.05) is 0 Å². The summed E-state index contributed by atoms with van der Waals surface area (Å²) >= 11 is 0. The van der Waals surface area contributed by atoms with Crippen LogP contribution in [0.25, 0.3) is 0 Å². The van der Waals surface area contributed by atoms with Crippen LogP contribution < -0.4 is 0 Å². The molecule has 3 aromatic carbocycles. The molecule has 2 aliphatic carbocycles. The van der Waals surface area contributed by atoms with Gasteiger partial charge < -0.3 is 9.47 Å². The van der Waals surface area contributed by atoms with Crippen molar-refractivity contribution in [3.8, 4) is 6.07 Å². The van der Waals surface area contributed by atoms with Gasteiger partial charge in [0, 0.05) is 11.8 Å². The van der Waals surface area contributed by atoms with E-state index in [0.29, 0.717) is 12.0 Å². The summed E-state index contributed by atoms with van der Waals surface area (Å²) < 4.78 is 11.3. The van der Waals surface area contributed by atoms with Crippen molar-refractivity contribution in [1.82, 2.24) is 0 Å². The summed E-state index contributed by atoms with van der Waals surface area (Å²) in [7, 11) is -0.299. The summed E-state index contributed by atoms with van der Waals surface area (Å²) in [4.78, 5) is 28.7. The van der Waals surface area contributed by atoms with Crippen LogP contribution in [0, 0.1) is 35.0 Å². The first-order valence-corrected chi connectivity index (χ1v) is 12.6. The molecule has 1 aliphatic heterocycles. The van der Waals surface area contributed by atoms with Crippen molar-refractivity contribution in [2.24, 2.45) is 23.7 Å². The quantitative estimate of drug-likeness (QED) is 0.403. The van der Waals surface area contributed by atoms with Crippen LogP contribution in [0.15, 0.2) is 99.6 Å². The molecule has 0 radical (unpaired) electrons. The molecule has 2 saturated carbocycles. The van der Waals surface area contributed by atoms with Crippen LogP contribution in [-0.4, -0.2) is 24.1 Å². The minimum atomic E-state index is -0.548. The molecule has 0 aromatic heterocycles. The summed E-state index contributed by atoms with van der Waals surface area (Å²) in [6, 6.07) is 30.4. The molecule has 6 unspecified atom stereocenters. The van der Waals surface area contributed by atoms with E-state index < -0.39 is 24.1 Å². The van der Waals surface area contributed by atoms with E-state index in [2.05, 4.69) is 30.3 Å². The SMILES string of the molecule is N#CC1C2CC3C(OC(=O)C13)C2OC(=O)c1ccc([S+](c2ccccc2)c2ccccc2)cc1. The predicted molar refractivity (Wildman–Crippen MR) is 125 cm³/mol. The molecule has 34 heavy (non-hydrogen) atoms. The Bertz CT molecular complexity index is 1230. The molecule has 5 nitrogen and oxygen atoms in total. The maximum Gasteiger partial charge on any atom is 0.338 e. The van der Waals surface area contributed by atoms with E-state index in [1.807, 2.05) is 48.5 Å². The average molecular weight is 469 g/mol. The number of ether oxygens (including phenoxy) is 2. The topological polar surface area (TPSA) is 76.4 Å². The highest BCUT2D eigenvalue weighted by Crippen LogP contribution is 2.58. The first-order valence-electron chi connectivity index (χ1n) is 11.4. The third-order valence-electron chi connectivity index (χ3n) is 7.22. The highest BCUT2D eigenvalue weighted by Gasteiger charge is 2.68. The number of hydrogen-bond acceptors (Lipinski definition) is 5. The zero-order valence-electron chi connectivity index (χ0n) is 18.2. The van der Waals surface area contributed by atoms with E-state index in [4.69, 9.17) is 9.47 Å². The molecule has 0 N–H and O–H groups in total. The van der Waals surface area contributed by atoms with Crippen molar-refractivity contribution in [1.29, 1.82) is 5.26 Å². The van der Waals surface area contributed by atoms with Crippen LogP contribution in [0.1, 0.15) is 16.8 Å². The lowest BCUT2D eigenvalue weighted by atomic mass is 9.79. The van der Waals surface area contributed by atoms with Crippen molar-refractivity contribution in [2.45, 2.75) is 33.3 Å². The Labute approximate surface area is 200 Å². The summed E-state index contributed by atoms with van der Waals surface area (Å²) in [6.45, 7) is 0. The van der Waals surface area contributed by atoms with E-state index in [1.165, 1.54) is 9.79 Å². The lowest BCUT2D eigenvalue weighted by Crippen LogP contribution is -2.40. The number of carbonyl (C=O) groups excluding carboxylic acids is 2. The summed E-state index contributed by atoms with van der Waals surface area (Å²) in [5, 5.41) is 9.57. The maximum absolute atomic E-state index is 13.0. The minimum Gasteiger partial charge on any atom is -0.458 e. The van der Waals surface area contributed by atoms with Gasteiger partial charge in [0.15, 0.2) is 14.7 Å². The fourth-order valence-electron chi connectivity index (χ4n) is 5.76. The molecule has 6 atom stereocenters. The lowest BCUT2D eigenvalue weighted by molar-refractivity contribution is -0.146. The zero-order valence-corrected chi connectivity index (χ0v) is 19.1. The number of rotatable bonds is 5. The highest BCUT2D eigenvalue weighted by atomic mass is 32.2. The van der Waals surface area contributed by atoms with Gasteiger partial charge in [-0.3, -0.25) is 4.79 Å². The molecule has 2 bridgehead atoms. The highest BCUT2D eigenvalue weighted by molar-refractivity contribution is 7.97. The third-order valence-corrected chi connectivity index (χ3v) is 9.45. The monoisotopic (exact) mass is 468 g/mol. The number of fused-ring (bicyclic) bond motifs is 1. The summed E-state index contributed by atoms with van der Waals surface area (Å²) in [5.74, 6) is -1.71. The van der Waals surface area contributed by atoms with Crippen molar-refractivity contribution in [3.63, 3.8) is 0 Å². The van der Waals surface area contributed by atoms with Crippen LogP contribution in [0.4, 0.5) is 0 Å². The Morgan fingerprint density at radius 1 is 0.882 bits per heavy atom. The van der Waals surface area contributed by atoms with Gasteiger partial charge in [-0.05, 0) is 55.0 Å². The molecule has 3 fully saturated rings. The van der Waals surface area contributed by atoms with Gasteiger partial charge in [0.25, 0.3) is 0 Å². The summed E-state index contributed by atoms with van der Waals surface area (Å²) in [5.41, 5.74) is 0.450. The van der Waals surface area contributed by atoms with Crippen molar-refractivity contribution >= 4 is 22.8 Å². The maximum atomic E-state index is 13.0. The predicted octanol–water partition coefficient (Wildman–Crippen LogP) is 4.64. The van der Waals surface area contributed by atoms with Crippen LogP contribution in [0.5, 0.6) is 0 Å². The standard InChI is InChI=1S/C28H22NO4S/c29-16-23-21-15-22-24(23)28(31)33-26(22)25(21)32-27(30)17-11-13-20(14-12-17)34(18-7-3-1-4-8-18)19-9-5-2-6-10-19/h1-14,21-26H,15H2/q+1. The normalized spacial score (nSPS) is 28.5. The number of benzene rings is 3. The molecule has 3 aliphatic rings. The molecule has 0 amide bonds. The van der Waals surface area contributed by atoms with Crippen LogP contribution >= 0.6 is 0 Å². The second-order valence-corrected chi connectivity index (χ2v) is 11.0. The van der Waals surface area contributed by atoms with Gasteiger partial charge in [-0.2, -0.15) is 5.26 Å². The van der Waals surface area contributed by atoms with Crippen LogP contribution in [0.2, 0.25) is 0 Å². The van der Waals surface area contributed by atoms with Crippen molar-refractivity contribution < 1.29 is 19.1 Å². The van der Waals surface area contributed by atoms with E-state index in [0.717, 1.165) is 4.90 Å². The summed E-state index contributed by atoms with van der Waals surface area (Å²) in [6.07, 6.45) is -0.266. The van der Waals surface area contributed by atoms with E-state index >= 15 is 0 Å². The van der Waals surface area contributed by atoms with Gasteiger partial charge in [-0.15, -0.1) is 0 Å². The fraction of sp³-hybridized carbons (Fsp3) is 0.250. The van der Waals surface area contributed by atoms with Gasteiger partial charge >= 0.3 is 11.9 Å². The number of nitriles is 1. The Balaban J connectivity index is 1.24. The Morgan fingerprint density at radius 2 is 1.47 bits per heavy atom. The first kappa shape index (κ1) is 21.0. The van der Waals surface area contributed by atoms with Crippen LogP contribution in [-0.2, 0) is 25.2 Å². The van der Waals surface area contributed by atoms with Gasteiger partial charge in [-0.1, -0.05) is 36.4 Å². The number of hydrogen-bond donors (Lipinski definition) is 0. The number of esters is 2. The third kappa shape index (κ3) is 3.31. The van der Waals surface area contributed by atoms with Gasteiger partial charge in [-0.25, -0.2) is 4.79 Å². The zero-order chi connectivity index (χ0) is 23.2. The first-order chi connectivity index (χ1) is 16.7. The Hall–Kier alpha value is -3.56. The molecule has 6 rings (SSSR count). The Morgan fingerprint density at radius 3 is 2.06 bits per heavy atom. The average Bonchev–Trinajstić information content (AvgIpc) is 3.50. The Kier molecular flexibility index (Phi) is 5.15. The smallest absolute Gasteiger partial charge is 0.338 e. The van der Waals surface area contributed by atoms with Crippen LogP contribution in [0.3, 0.4) is 0 Å². The molecule has 6 heteroatoms. The van der Waals surface area contributed by atoms with E-state index in [1.54, 1.807) is 12.1 Å². The molecule has 1 saturated heterocycles. The molecule has 1 heterocycles. The van der Waals surface area contributed by atoms with E-state index in [-0.39, 0.29) is 34.6 Å². The number of carbonyl (C=O) groups is 2. The molecule has 3 aromatic rings. The molecular weight excluding hydrogens is 446 g/mol. The minimum absolute atomic E-state index is 0.0129.